The summed E-state index contributed by atoms with van der Waals surface area (Å²) >= 11 is 0. The Bertz CT molecular complexity index is 908. The fourth-order valence-corrected chi connectivity index (χ4v) is 3.46. The van der Waals surface area contributed by atoms with Crippen LogP contribution in [-0.2, 0) is 16.1 Å². The van der Waals surface area contributed by atoms with Gasteiger partial charge in [0.1, 0.15) is 11.8 Å². The number of carbonyl (C=O) groups is 2. The number of aryl methyl sites for hydroxylation is 3. The van der Waals surface area contributed by atoms with Gasteiger partial charge in [-0.15, -0.1) is 0 Å². The van der Waals surface area contributed by atoms with Crippen LogP contribution in [0.5, 0.6) is 5.75 Å². The highest BCUT2D eigenvalue weighted by molar-refractivity contribution is 5.88. The van der Waals surface area contributed by atoms with Gasteiger partial charge in [0.05, 0.1) is 0 Å². The van der Waals surface area contributed by atoms with Gasteiger partial charge >= 0.3 is 0 Å². The summed E-state index contributed by atoms with van der Waals surface area (Å²) in [5.41, 5.74) is 5.35. The van der Waals surface area contributed by atoms with E-state index in [-0.39, 0.29) is 18.4 Å². The van der Waals surface area contributed by atoms with Gasteiger partial charge in [0, 0.05) is 13.1 Å². The minimum atomic E-state index is -0.590. The molecular weight excluding hydrogens is 388 g/mol. The summed E-state index contributed by atoms with van der Waals surface area (Å²) in [4.78, 5) is 27.5. The number of nitrogens with one attached hydrogen (secondary N) is 1. The molecule has 1 unspecified atom stereocenters. The number of rotatable bonds is 10. The molecule has 0 saturated carbocycles. The fraction of sp³-hybridized carbons (Fsp3) is 0.462. The Balaban J connectivity index is 2.19. The summed E-state index contributed by atoms with van der Waals surface area (Å²) in [5.74, 6) is 0.361. The quantitative estimate of drug-likeness (QED) is 0.566. The predicted octanol–water partition coefficient (Wildman–Crippen LogP) is 4.63. The highest BCUT2D eigenvalue weighted by Gasteiger charge is 2.27. The van der Waals surface area contributed by atoms with Gasteiger partial charge in [-0.25, -0.2) is 0 Å². The first kappa shape index (κ1) is 24.4. The van der Waals surface area contributed by atoms with Gasteiger partial charge in [0.15, 0.2) is 6.61 Å². The largest absolute Gasteiger partial charge is 0.483 e. The van der Waals surface area contributed by atoms with Crippen molar-refractivity contribution in [3.05, 3.63) is 64.2 Å². The summed E-state index contributed by atoms with van der Waals surface area (Å²) in [6, 6.07) is 11.4. The zero-order valence-electron chi connectivity index (χ0n) is 19.7. The third kappa shape index (κ3) is 6.84. The molecule has 0 heterocycles. The summed E-state index contributed by atoms with van der Waals surface area (Å²) in [5, 5.41) is 2.94. The van der Waals surface area contributed by atoms with Crippen molar-refractivity contribution >= 4 is 11.8 Å². The molecule has 168 valence electrons. The smallest absolute Gasteiger partial charge is 0.261 e. The lowest BCUT2D eigenvalue weighted by Crippen LogP contribution is -2.49. The summed E-state index contributed by atoms with van der Waals surface area (Å²) < 4.78 is 5.91. The molecule has 1 N–H and O–H groups in total. The van der Waals surface area contributed by atoms with Crippen LogP contribution in [0.4, 0.5) is 0 Å². The lowest BCUT2D eigenvalue weighted by molar-refractivity contribution is -0.142. The average Bonchev–Trinajstić information content (AvgIpc) is 2.74. The molecule has 0 bridgehead atoms. The van der Waals surface area contributed by atoms with E-state index in [9.17, 15) is 9.59 Å². The van der Waals surface area contributed by atoms with Crippen LogP contribution in [0.3, 0.4) is 0 Å². The lowest BCUT2D eigenvalue weighted by atomic mass is 10.1. The van der Waals surface area contributed by atoms with Crippen LogP contribution in [0.1, 0.15) is 54.5 Å². The van der Waals surface area contributed by atoms with Gasteiger partial charge in [-0.1, -0.05) is 43.7 Å². The molecule has 5 heteroatoms. The van der Waals surface area contributed by atoms with Crippen molar-refractivity contribution in [2.45, 2.75) is 67.0 Å². The van der Waals surface area contributed by atoms with Crippen LogP contribution in [0.2, 0.25) is 0 Å². The molecule has 1 atom stereocenters. The summed E-state index contributed by atoms with van der Waals surface area (Å²) in [6.07, 6.45) is 1.92. The second-order valence-corrected chi connectivity index (χ2v) is 8.26. The molecule has 2 amide bonds. The molecule has 0 aromatic heterocycles. The molecule has 31 heavy (non-hydrogen) atoms. The van der Waals surface area contributed by atoms with Crippen LogP contribution < -0.4 is 10.1 Å². The molecule has 2 aromatic rings. The Morgan fingerprint density at radius 2 is 1.77 bits per heavy atom. The molecule has 5 nitrogen and oxygen atoms in total. The normalized spacial score (nSPS) is 11.7. The maximum Gasteiger partial charge on any atom is 0.261 e. The minimum Gasteiger partial charge on any atom is -0.483 e. The number of hydrogen-bond acceptors (Lipinski definition) is 3. The average molecular weight is 425 g/mol. The van der Waals surface area contributed by atoms with Crippen molar-refractivity contribution in [1.82, 2.24) is 10.2 Å². The van der Waals surface area contributed by atoms with Gasteiger partial charge in [0.25, 0.3) is 5.91 Å². The molecule has 0 fully saturated rings. The van der Waals surface area contributed by atoms with Crippen molar-refractivity contribution in [1.29, 1.82) is 0 Å². The second kappa shape index (κ2) is 11.5. The van der Waals surface area contributed by atoms with Crippen molar-refractivity contribution in [2.75, 3.05) is 13.2 Å². The van der Waals surface area contributed by atoms with Gasteiger partial charge in [-0.05, 0) is 74.9 Å². The molecule has 0 aliphatic heterocycles. The van der Waals surface area contributed by atoms with Crippen LogP contribution in [-0.4, -0.2) is 35.9 Å². The number of ether oxygens (including phenoxy) is 1. The van der Waals surface area contributed by atoms with E-state index < -0.39 is 6.04 Å². The third-order valence-electron chi connectivity index (χ3n) is 5.71. The number of amides is 2. The third-order valence-corrected chi connectivity index (χ3v) is 5.71. The van der Waals surface area contributed by atoms with Crippen LogP contribution in [0.25, 0.3) is 0 Å². The Labute approximate surface area is 186 Å². The van der Waals surface area contributed by atoms with E-state index in [1.807, 2.05) is 58.0 Å². The van der Waals surface area contributed by atoms with E-state index in [1.165, 1.54) is 0 Å². The molecule has 0 radical (unpaired) electrons. The molecule has 2 aromatic carbocycles. The van der Waals surface area contributed by atoms with E-state index in [4.69, 9.17) is 4.74 Å². The first-order valence-electron chi connectivity index (χ1n) is 11.1. The maximum atomic E-state index is 13.2. The van der Waals surface area contributed by atoms with Crippen LogP contribution in [0, 0.1) is 27.7 Å². The highest BCUT2D eigenvalue weighted by atomic mass is 16.5. The predicted molar refractivity (Wildman–Crippen MR) is 125 cm³/mol. The van der Waals surface area contributed by atoms with Gasteiger partial charge in [-0.2, -0.15) is 0 Å². The van der Waals surface area contributed by atoms with Gasteiger partial charge in [-0.3, -0.25) is 9.59 Å². The number of hydrogen-bond donors (Lipinski definition) is 1. The van der Waals surface area contributed by atoms with Crippen LogP contribution in [0.15, 0.2) is 36.4 Å². The SMILES string of the molecule is CCCCNC(=O)C(C)N(Cc1ccccc1C)C(=O)COc1cc(C)cc(C)c1C. The monoisotopic (exact) mass is 424 g/mol. The van der Waals surface area contributed by atoms with Crippen molar-refractivity contribution in [2.24, 2.45) is 0 Å². The Hall–Kier alpha value is -2.82. The first-order valence-corrected chi connectivity index (χ1v) is 11.1. The van der Waals surface area contributed by atoms with Crippen molar-refractivity contribution in [3.63, 3.8) is 0 Å². The van der Waals surface area contributed by atoms with Crippen molar-refractivity contribution < 1.29 is 14.3 Å². The van der Waals surface area contributed by atoms with E-state index >= 15 is 0 Å². The number of nitrogens with zero attached hydrogens (tertiary/aromatic N) is 1. The van der Waals surface area contributed by atoms with Gasteiger partial charge < -0.3 is 15.0 Å². The topological polar surface area (TPSA) is 58.6 Å². The Morgan fingerprint density at radius 3 is 2.45 bits per heavy atom. The van der Waals surface area contributed by atoms with Crippen molar-refractivity contribution in [3.8, 4) is 5.75 Å². The lowest BCUT2D eigenvalue weighted by Gasteiger charge is -2.29. The number of benzene rings is 2. The highest BCUT2D eigenvalue weighted by Crippen LogP contribution is 2.23. The zero-order chi connectivity index (χ0) is 23.0. The number of unbranched alkanes of at least 4 members (excludes halogenated alkanes) is 1. The molecule has 2 rings (SSSR count). The minimum absolute atomic E-state index is 0.109. The van der Waals surface area contributed by atoms with E-state index in [1.54, 1.807) is 11.8 Å². The van der Waals surface area contributed by atoms with Gasteiger partial charge in [0.2, 0.25) is 5.91 Å². The molecule has 0 aliphatic carbocycles. The molecule has 0 spiro atoms. The standard InChI is InChI=1S/C26H36N2O3/c1-7-8-13-27-26(30)22(6)28(16-23-12-10-9-11-19(23)3)25(29)17-31-24-15-18(2)14-20(4)21(24)5/h9-12,14-15,22H,7-8,13,16-17H2,1-6H3,(H,27,30). The molecule has 0 aliphatic rings. The first-order chi connectivity index (χ1) is 14.7. The fourth-order valence-electron chi connectivity index (χ4n) is 3.46. The Kier molecular flexibility index (Phi) is 9.10. The molecule has 0 saturated heterocycles. The molecular formula is C26H36N2O3. The summed E-state index contributed by atoms with van der Waals surface area (Å²) in [6.45, 7) is 12.8. The zero-order valence-corrected chi connectivity index (χ0v) is 19.7. The Morgan fingerprint density at radius 1 is 1.06 bits per heavy atom. The second-order valence-electron chi connectivity index (χ2n) is 8.26. The van der Waals surface area contributed by atoms with Crippen LogP contribution >= 0.6 is 0 Å². The number of carbonyl (C=O) groups excluding carboxylic acids is 2. The van der Waals surface area contributed by atoms with E-state index in [0.29, 0.717) is 18.8 Å². The van der Waals surface area contributed by atoms with E-state index in [0.717, 1.165) is 40.7 Å². The summed E-state index contributed by atoms with van der Waals surface area (Å²) in [7, 11) is 0. The maximum absolute atomic E-state index is 13.2. The van der Waals surface area contributed by atoms with E-state index in [2.05, 4.69) is 18.3 Å².